The van der Waals surface area contributed by atoms with Crippen LogP contribution in [0.2, 0.25) is 0 Å². The Morgan fingerprint density at radius 3 is 2.79 bits per heavy atom. The van der Waals surface area contributed by atoms with Crippen LogP contribution in [0.1, 0.15) is 23.8 Å². The van der Waals surface area contributed by atoms with E-state index < -0.39 is 0 Å². The van der Waals surface area contributed by atoms with Crippen molar-refractivity contribution in [2.45, 2.75) is 26.4 Å². The van der Waals surface area contributed by atoms with Gasteiger partial charge in [-0.25, -0.2) is 0 Å². The molecule has 1 heterocycles. The van der Waals surface area contributed by atoms with Gasteiger partial charge in [-0.15, -0.1) is 11.3 Å². The van der Waals surface area contributed by atoms with Crippen molar-refractivity contribution in [1.82, 2.24) is 4.90 Å². The van der Waals surface area contributed by atoms with Gasteiger partial charge in [-0.3, -0.25) is 0 Å². The molecule has 2 atom stereocenters. The van der Waals surface area contributed by atoms with Gasteiger partial charge in [0.1, 0.15) is 0 Å². The van der Waals surface area contributed by atoms with E-state index in [2.05, 4.69) is 43.1 Å². The Balaban J connectivity index is 1.82. The fraction of sp³-hybridized carbons (Fsp3) is 0.500. The van der Waals surface area contributed by atoms with Crippen LogP contribution in [0.5, 0.6) is 0 Å². The molecule has 2 N–H and O–H groups in total. The van der Waals surface area contributed by atoms with Crippen molar-refractivity contribution in [3.8, 4) is 0 Å². The molecule has 2 aromatic rings. The molecule has 1 aliphatic rings. The van der Waals surface area contributed by atoms with E-state index in [0.29, 0.717) is 6.54 Å². The SMILES string of the molecule is CC1CC1CN(C)Cc1c(CN)sc2ccccc12. The lowest BCUT2D eigenvalue weighted by molar-refractivity contribution is 0.308. The number of nitrogens with zero attached hydrogens (tertiary/aromatic N) is 1. The molecule has 3 rings (SSSR count). The Labute approximate surface area is 119 Å². The van der Waals surface area contributed by atoms with E-state index in [1.807, 2.05) is 11.3 Å². The summed E-state index contributed by atoms with van der Waals surface area (Å²) in [5.41, 5.74) is 7.36. The normalized spacial score (nSPS) is 22.3. The van der Waals surface area contributed by atoms with Crippen LogP contribution in [0.15, 0.2) is 24.3 Å². The Kier molecular flexibility index (Phi) is 3.61. The van der Waals surface area contributed by atoms with Crippen molar-refractivity contribution in [3.05, 3.63) is 34.7 Å². The number of fused-ring (bicyclic) bond motifs is 1. The first kappa shape index (κ1) is 13.1. The summed E-state index contributed by atoms with van der Waals surface area (Å²) in [7, 11) is 2.23. The van der Waals surface area contributed by atoms with Gasteiger partial charge in [0.15, 0.2) is 0 Å². The van der Waals surface area contributed by atoms with Crippen LogP contribution in [0.25, 0.3) is 10.1 Å². The van der Waals surface area contributed by atoms with E-state index in [1.54, 1.807) is 0 Å². The lowest BCUT2D eigenvalue weighted by atomic mass is 10.1. The van der Waals surface area contributed by atoms with Gasteiger partial charge in [0, 0.05) is 29.2 Å². The average molecular weight is 274 g/mol. The summed E-state index contributed by atoms with van der Waals surface area (Å²) < 4.78 is 1.37. The summed E-state index contributed by atoms with van der Waals surface area (Å²) >= 11 is 1.85. The third kappa shape index (κ3) is 2.69. The Morgan fingerprint density at radius 1 is 1.37 bits per heavy atom. The highest BCUT2D eigenvalue weighted by atomic mass is 32.1. The van der Waals surface area contributed by atoms with E-state index in [9.17, 15) is 0 Å². The maximum Gasteiger partial charge on any atom is 0.0349 e. The molecule has 19 heavy (non-hydrogen) atoms. The fourth-order valence-corrected chi connectivity index (χ4v) is 3.97. The van der Waals surface area contributed by atoms with Crippen molar-refractivity contribution >= 4 is 21.4 Å². The van der Waals surface area contributed by atoms with Crippen LogP contribution in [0.3, 0.4) is 0 Å². The van der Waals surface area contributed by atoms with Crippen molar-refractivity contribution < 1.29 is 0 Å². The number of rotatable bonds is 5. The third-order valence-corrected chi connectivity index (χ3v) is 5.45. The summed E-state index contributed by atoms with van der Waals surface area (Å²) in [4.78, 5) is 3.80. The molecule has 2 nitrogen and oxygen atoms in total. The van der Waals surface area contributed by atoms with Gasteiger partial charge in [-0.1, -0.05) is 25.1 Å². The van der Waals surface area contributed by atoms with Gasteiger partial charge in [0.05, 0.1) is 0 Å². The minimum atomic E-state index is 0.655. The summed E-state index contributed by atoms with van der Waals surface area (Å²) in [6.45, 7) is 5.25. The first-order valence-electron chi connectivity index (χ1n) is 7.07. The van der Waals surface area contributed by atoms with Gasteiger partial charge in [-0.05, 0) is 42.3 Å². The Bertz CT molecular complexity index is 575. The molecule has 1 aromatic heterocycles. The highest BCUT2D eigenvalue weighted by molar-refractivity contribution is 7.19. The van der Waals surface area contributed by atoms with Gasteiger partial charge < -0.3 is 10.6 Å². The van der Waals surface area contributed by atoms with Gasteiger partial charge in [0.2, 0.25) is 0 Å². The van der Waals surface area contributed by atoms with Crippen molar-refractivity contribution in [2.24, 2.45) is 17.6 Å². The Morgan fingerprint density at radius 2 is 2.11 bits per heavy atom. The second-order valence-electron chi connectivity index (χ2n) is 5.87. The smallest absolute Gasteiger partial charge is 0.0349 e. The van der Waals surface area contributed by atoms with E-state index in [1.165, 1.54) is 33.5 Å². The Hall–Kier alpha value is -0.900. The van der Waals surface area contributed by atoms with Crippen molar-refractivity contribution in [3.63, 3.8) is 0 Å². The highest BCUT2D eigenvalue weighted by Gasteiger charge is 2.33. The minimum Gasteiger partial charge on any atom is -0.326 e. The molecule has 0 amide bonds. The molecule has 0 saturated heterocycles. The third-order valence-electron chi connectivity index (χ3n) is 4.22. The predicted octanol–water partition coefficient (Wildman–Crippen LogP) is 3.45. The molecule has 2 unspecified atom stereocenters. The van der Waals surface area contributed by atoms with Gasteiger partial charge in [0.25, 0.3) is 0 Å². The zero-order valence-corrected chi connectivity index (χ0v) is 12.5. The molecular formula is C16H22N2S. The number of hydrogen-bond donors (Lipinski definition) is 1. The van der Waals surface area contributed by atoms with Crippen LogP contribution in [-0.2, 0) is 13.1 Å². The average Bonchev–Trinajstić information content (AvgIpc) is 2.97. The largest absolute Gasteiger partial charge is 0.326 e. The number of thiophene rings is 1. The molecule has 0 spiro atoms. The minimum absolute atomic E-state index is 0.655. The van der Waals surface area contributed by atoms with Crippen molar-refractivity contribution in [2.75, 3.05) is 13.6 Å². The highest BCUT2D eigenvalue weighted by Crippen LogP contribution is 2.38. The van der Waals surface area contributed by atoms with E-state index >= 15 is 0 Å². The van der Waals surface area contributed by atoms with Crippen LogP contribution in [0, 0.1) is 11.8 Å². The molecule has 102 valence electrons. The van der Waals surface area contributed by atoms with Gasteiger partial charge >= 0.3 is 0 Å². The molecule has 1 saturated carbocycles. The number of hydrogen-bond acceptors (Lipinski definition) is 3. The summed E-state index contributed by atoms with van der Waals surface area (Å²) in [6.07, 6.45) is 1.40. The molecule has 0 radical (unpaired) electrons. The molecule has 0 aliphatic heterocycles. The topological polar surface area (TPSA) is 29.3 Å². The summed E-state index contributed by atoms with van der Waals surface area (Å²) in [6, 6.07) is 8.67. The molecule has 1 aromatic carbocycles. The molecule has 0 bridgehead atoms. The quantitative estimate of drug-likeness (QED) is 0.905. The maximum absolute atomic E-state index is 5.92. The molecule has 3 heteroatoms. The predicted molar refractivity (Wildman–Crippen MR) is 83.3 cm³/mol. The van der Waals surface area contributed by atoms with Crippen LogP contribution < -0.4 is 5.73 Å². The maximum atomic E-state index is 5.92. The fourth-order valence-electron chi connectivity index (χ4n) is 2.88. The van der Waals surface area contributed by atoms with Crippen molar-refractivity contribution in [1.29, 1.82) is 0 Å². The molecular weight excluding hydrogens is 252 g/mol. The zero-order valence-electron chi connectivity index (χ0n) is 11.7. The lowest BCUT2D eigenvalue weighted by Crippen LogP contribution is -2.21. The van der Waals surface area contributed by atoms with Gasteiger partial charge in [-0.2, -0.15) is 0 Å². The first-order valence-corrected chi connectivity index (χ1v) is 7.88. The summed E-state index contributed by atoms with van der Waals surface area (Å²) in [5.74, 6) is 1.84. The van der Waals surface area contributed by atoms with E-state index in [4.69, 9.17) is 5.73 Å². The lowest BCUT2D eigenvalue weighted by Gasteiger charge is -2.17. The van der Waals surface area contributed by atoms with E-state index in [0.717, 1.165) is 18.4 Å². The monoisotopic (exact) mass is 274 g/mol. The second kappa shape index (κ2) is 5.23. The summed E-state index contributed by atoms with van der Waals surface area (Å²) in [5, 5.41) is 1.39. The molecule has 1 aliphatic carbocycles. The zero-order chi connectivity index (χ0) is 13.4. The second-order valence-corrected chi connectivity index (χ2v) is 7.01. The first-order chi connectivity index (χ1) is 9.19. The standard InChI is InChI=1S/C16H22N2S/c1-11-7-12(11)9-18(2)10-14-13-5-3-4-6-15(13)19-16(14)8-17/h3-6,11-12H,7-10,17H2,1-2H3. The van der Waals surface area contributed by atoms with E-state index in [-0.39, 0.29) is 0 Å². The number of benzene rings is 1. The molecule has 1 fully saturated rings. The van der Waals surface area contributed by atoms with Crippen LogP contribution in [-0.4, -0.2) is 18.5 Å². The number of nitrogens with two attached hydrogens (primary N) is 1. The van der Waals surface area contributed by atoms with Crippen LogP contribution >= 0.6 is 11.3 Å². The van der Waals surface area contributed by atoms with Crippen LogP contribution in [0.4, 0.5) is 0 Å².